The van der Waals surface area contributed by atoms with Crippen LogP contribution >= 0.6 is 11.6 Å². The zero-order valence-electron chi connectivity index (χ0n) is 13.5. The van der Waals surface area contributed by atoms with Gasteiger partial charge in [0.25, 0.3) is 0 Å². The highest BCUT2D eigenvalue weighted by molar-refractivity contribution is 6.31. The van der Waals surface area contributed by atoms with E-state index >= 15 is 0 Å². The van der Waals surface area contributed by atoms with Crippen molar-refractivity contribution >= 4 is 28.4 Å². The smallest absolute Gasteiger partial charge is 0.244 e. The molecule has 0 aliphatic carbocycles. The van der Waals surface area contributed by atoms with Gasteiger partial charge < -0.3 is 20.5 Å². The number of hydrogen-bond acceptors (Lipinski definition) is 4. The number of benzene rings is 1. The van der Waals surface area contributed by atoms with Gasteiger partial charge >= 0.3 is 0 Å². The van der Waals surface area contributed by atoms with Gasteiger partial charge in [-0.1, -0.05) is 18.5 Å². The maximum Gasteiger partial charge on any atom is 0.244 e. The van der Waals surface area contributed by atoms with Gasteiger partial charge in [-0.15, -0.1) is 5.48 Å². The van der Waals surface area contributed by atoms with Crippen LogP contribution in [0.15, 0.2) is 36.2 Å². The van der Waals surface area contributed by atoms with Crippen LogP contribution in [0, 0.1) is 0 Å². The minimum Gasteiger partial charge on any atom is -0.411 e. The fourth-order valence-corrected chi connectivity index (χ4v) is 2.83. The standard InChI is InChI=1S/C17H21ClN4O2/c1-2-19-10-13-8-16(22-24-13)17(23)20-6-5-11-9-21-15-4-3-12(18)7-14(11)15/h3-4,7-9,16,19,21-22H,2,5-6,10H2,1H3,(H,20,23). The lowest BCUT2D eigenvalue weighted by Crippen LogP contribution is -2.40. The summed E-state index contributed by atoms with van der Waals surface area (Å²) in [7, 11) is 0. The van der Waals surface area contributed by atoms with Gasteiger partial charge in [0.1, 0.15) is 11.8 Å². The van der Waals surface area contributed by atoms with Gasteiger partial charge in [-0.2, -0.15) is 0 Å². The molecular weight excluding hydrogens is 328 g/mol. The summed E-state index contributed by atoms with van der Waals surface area (Å²) < 4.78 is 0. The van der Waals surface area contributed by atoms with Gasteiger partial charge in [-0.05, 0) is 42.8 Å². The number of hydroxylamine groups is 1. The Hall–Kier alpha value is -2.02. The Labute approximate surface area is 145 Å². The average molecular weight is 349 g/mol. The van der Waals surface area contributed by atoms with Gasteiger partial charge in [0, 0.05) is 28.7 Å². The molecule has 128 valence electrons. The maximum absolute atomic E-state index is 12.2. The highest BCUT2D eigenvalue weighted by Gasteiger charge is 2.23. The van der Waals surface area contributed by atoms with Crippen molar-refractivity contribution in [2.45, 2.75) is 19.4 Å². The number of hydrogen-bond donors (Lipinski definition) is 4. The van der Waals surface area contributed by atoms with Crippen LogP contribution in [-0.2, 0) is 16.1 Å². The van der Waals surface area contributed by atoms with E-state index < -0.39 is 6.04 Å². The number of amides is 1. The predicted octanol–water partition coefficient (Wildman–Crippen LogP) is 1.88. The summed E-state index contributed by atoms with van der Waals surface area (Å²) in [6.07, 6.45) is 4.48. The highest BCUT2D eigenvalue weighted by Crippen LogP contribution is 2.22. The maximum atomic E-state index is 12.2. The normalized spacial score (nSPS) is 16.9. The van der Waals surface area contributed by atoms with Crippen LogP contribution in [-0.4, -0.2) is 36.6 Å². The quantitative estimate of drug-likeness (QED) is 0.616. The summed E-state index contributed by atoms with van der Waals surface area (Å²) in [4.78, 5) is 20.7. The molecule has 0 bridgehead atoms. The first-order valence-corrected chi connectivity index (χ1v) is 8.42. The Bertz CT molecular complexity index is 756. The van der Waals surface area contributed by atoms with E-state index in [-0.39, 0.29) is 5.91 Å². The second-order valence-electron chi connectivity index (χ2n) is 5.66. The number of nitrogens with one attached hydrogen (secondary N) is 4. The molecule has 4 N–H and O–H groups in total. The van der Waals surface area contributed by atoms with Gasteiger partial charge in [0.2, 0.25) is 5.91 Å². The third-order valence-corrected chi connectivity index (χ3v) is 4.16. The minimum atomic E-state index is -0.448. The Kier molecular flexibility index (Phi) is 5.40. The summed E-state index contributed by atoms with van der Waals surface area (Å²) in [6, 6.07) is 5.30. The minimum absolute atomic E-state index is 0.0978. The number of carbonyl (C=O) groups excluding carboxylic acids is 1. The molecule has 3 rings (SSSR count). The monoisotopic (exact) mass is 348 g/mol. The van der Waals surface area contributed by atoms with Gasteiger partial charge in [-0.3, -0.25) is 4.79 Å². The fraction of sp³-hybridized carbons (Fsp3) is 0.353. The number of halogens is 1. The lowest BCUT2D eigenvalue weighted by molar-refractivity contribution is -0.123. The first-order valence-electron chi connectivity index (χ1n) is 8.04. The number of rotatable bonds is 7. The Morgan fingerprint density at radius 3 is 3.12 bits per heavy atom. The Morgan fingerprint density at radius 1 is 1.42 bits per heavy atom. The summed E-state index contributed by atoms with van der Waals surface area (Å²) in [6.45, 7) is 4.04. The summed E-state index contributed by atoms with van der Waals surface area (Å²) >= 11 is 6.05. The molecule has 1 aliphatic rings. The first-order chi connectivity index (χ1) is 11.7. The molecule has 24 heavy (non-hydrogen) atoms. The molecule has 0 radical (unpaired) electrons. The van der Waals surface area contributed by atoms with Crippen LogP contribution in [0.4, 0.5) is 0 Å². The molecule has 1 aromatic heterocycles. The van der Waals surface area contributed by atoms with Crippen LogP contribution in [0.3, 0.4) is 0 Å². The van der Waals surface area contributed by atoms with Crippen molar-refractivity contribution in [2.75, 3.05) is 19.6 Å². The third-order valence-electron chi connectivity index (χ3n) is 3.92. The first kappa shape index (κ1) is 16.8. The van der Waals surface area contributed by atoms with Crippen molar-refractivity contribution in [3.63, 3.8) is 0 Å². The van der Waals surface area contributed by atoms with E-state index in [1.54, 1.807) is 6.08 Å². The van der Waals surface area contributed by atoms with Crippen molar-refractivity contribution < 1.29 is 9.63 Å². The Morgan fingerprint density at radius 2 is 2.29 bits per heavy atom. The second kappa shape index (κ2) is 7.70. The second-order valence-corrected chi connectivity index (χ2v) is 6.09. The lowest BCUT2D eigenvalue weighted by Gasteiger charge is -2.09. The molecule has 0 fully saturated rings. The van der Waals surface area contributed by atoms with Crippen molar-refractivity contribution in [3.05, 3.63) is 46.8 Å². The Balaban J connectivity index is 1.52. The van der Waals surface area contributed by atoms with E-state index in [4.69, 9.17) is 16.4 Å². The highest BCUT2D eigenvalue weighted by atomic mass is 35.5. The van der Waals surface area contributed by atoms with Crippen LogP contribution in [0.5, 0.6) is 0 Å². The van der Waals surface area contributed by atoms with Crippen LogP contribution in [0.2, 0.25) is 5.02 Å². The van der Waals surface area contributed by atoms with Crippen molar-refractivity contribution in [3.8, 4) is 0 Å². The number of aromatic nitrogens is 1. The molecule has 1 amide bonds. The summed E-state index contributed by atoms with van der Waals surface area (Å²) in [5.41, 5.74) is 4.90. The molecule has 1 atom stereocenters. The van der Waals surface area contributed by atoms with Gasteiger partial charge in [0.15, 0.2) is 0 Å². The van der Waals surface area contributed by atoms with E-state index in [2.05, 4.69) is 21.1 Å². The number of likely N-dealkylation sites (N-methyl/N-ethyl adjacent to an activating group) is 1. The molecule has 0 saturated heterocycles. The molecule has 7 heteroatoms. The molecular formula is C17H21ClN4O2. The van der Waals surface area contributed by atoms with E-state index in [0.717, 1.165) is 35.2 Å². The molecule has 1 aliphatic heterocycles. The molecule has 2 heterocycles. The van der Waals surface area contributed by atoms with E-state index in [1.165, 1.54) is 0 Å². The predicted molar refractivity (Wildman–Crippen MR) is 94.7 cm³/mol. The SMILES string of the molecule is CCNCC1=CC(C(=O)NCCc2c[nH]c3ccc(Cl)cc23)NO1. The largest absolute Gasteiger partial charge is 0.411 e. The molecule has 2 aromatic rings. The molecule has 1 aromatic carbocycles. The van der Waals surface area contributed by atoms with Crippen LogP contribution in [0.25, 0.3) is 10.9 Å². The molecule has 1 unspecified atom stereocenters. The van der Waals surface area contributed by atoms with E-state index in [1.807, 2.05) is 31.3 Å². The average Bonchev–Trinajstić information content (AvgIpc) is 3.20. The van der Waals surface area contributed by atoms with Gasteiger partial charge in [0.05, 0.1) is 6.54 Å². The lowest BCUT2D eigenvalue weighted by atomic mass is 10.1. The van der Waals surface area contributed by atoms with Crippen molar-refractivity contribution in [1.82, 2.24) is 21.1 Å². The summed E-state index contributed by atoms with van der Waals surface area (Å²) in [5.74, 6) is 0.641. The fourth-order valence-electron chi connectivity index (χ4n) is 2.65. The zero-order valence-corrected chi connectivity index (χ0v) is 14.2. The van der Waals surface area contributed by atoms with Crippen LogP contribution < -0.4 is 16.1 Å². The van der Waals surface area contributed by atoms with E-state index in [0.29, 0.717) is 18.1 Å². The van der Waals surface area contributed by atoms with Crippen molar-refractivity contribution in [2.24, 2.45) is 0 Å². The summed E-state index contributed by atoms with van der Waals surface area (Å²) in [5, 5.41) is 7.88. The van der Waals surface area contributed by atoms with Crippen LogP contribution in [0.1, 0.15) is 12.5 Å². The van der Waals surface area contributed by atoms with Crippen molar-refractivity contribution in [1.29, 1.82) is 0 Å². The molecule has 6 nitrogen and oxygen atoms in total. The number of aromatic amines is 1. The topological polar surface area (TPSA) is 78.2 Å². The zero-order chi connectivity index (χ0) is 16.9. The molecule has 0 saturated carbocycles. The number of fused-ring (bicyclic) bond motifs is 1. The third kappa shape index (κ3) is 3.90. The number of carbonyl (C=O) groups is 1. The van der Waals surface area contributed by atoms with Gasteiger partial charge in [-0.25, -0.2) is 0 Å². The van der Waals surface area contributed by atoms with E-state index in [9.17, 15) is 4.79 Å². The molecule has 0 spiro atoms. The number of H-pyrrole nitrogens is 1.